The van der Waals surface area contributed by atoms with Crippen LogP contribution in [0.3, 0.4) is 0 Å². The van der Waals surface area contributed by atoms with Gasteiger partial charge in [-0.1, -0.05) is 0 Å². The van der Waals surface area contributed by atoms with Crippen LogP contribution in [0.1, 0.15) is 34.4 Å². The minimum absolute atomic E-state index is 0.0463. The van der Waals surface area contributed by atoms with Crippen LogP contribution in [-0.4, -0.2) is 47.5 Å². The Kier molecular flexibility index (Phi) is 7.02. The fourth-order valence-electron chi connectivity index (χ4n) is 3.83. The van der Waals surface area contributed by atoms with E-state index < -0.39 is 6.10 Å². The smallest absolute Gasteiger partial charge is 0.259 e. The third-order valence-corrected chi connectivity index (χ3v) is 7.51. The molecule has 10 heteroatoms. The van der Waals surface area contributed by atoms with Gasteiger partial charge in [0.15, 0.2) is 0 Å². The molecule has 4 rings (SSSR count). The number of aliphatic hydroxyl groups is 1. The van der Waals surface area contributed by atoms with Crippen LogP contribution in [0.25, 0.3) is 10.2 Å². The molecule has 32 heavy (non-hydrogen) atoms. The van der Waals surface area contributed by atoms with Crippen molar-refractivity contribution in [2.75, 3.05) is 26.5 Å². The zero-order valence-electron chi connectivity index (χ0n) is 17.9. The zero-order chi connectivity index (χ0) is 22.7. The van der Waals surface area contributed by atoms with Gasteiger partial charge in [0.05, 0.1) is 37.2 Å². The highest BCUT2D eigenvalue weighted by atomic mass is 32.2. The first-order chi connectivity index (χ1) is 15.5. The molecule has 0 bridgehead atoms. The zero-order valence-corrected chi connectivity index (χ0v) is 19.5. The molecule has 0 radical (unpaired) electrons. The van der Waals surface area contributed by atoms with Crippen LogP contribution in [-0.2, 0) is 23.4 Å². The molecule has 1 aromatic carbocycles. The Morgan fingerprint density at radius 3 is 2.97 bits per heavy atom. The van der Waals surface area contributed by atoms with Gasteiger partial charge in [0.25, 0.3) is 5.56 Å². The summed E-state index contributed by atoms with van der Waals surface area (Å²) in [6, 6.07) is 5.13. The van der Waals surface area contributed by atoms with E-state index in [-0.39, 0.29) is 23.8 Å². The normalized spacial score (nSPS) is 13.7. The maximum absolute atomic E-state index is 12.5. The average Bonchev–Trinajstić information content (AvgIpc) is 3.38. The number of methoxy groups -OCH3 is 2. The molecule has 0 saturated carbocycles. The van der Waals surface area contributed by atoms with Gasteiger partial charge in [0.1, 0.15) is 22.2 Å². The van der Waals surface area contributed by atoms with Crippen molar-refractivity contribution in [1.29, 1.82) is 0 Å². The lowest BCUT2D eigenvalue weighted by Crippen LogP contribution is -2.30. The van der Waals surface area contributed by atoms with Crippen LogP contribution in [0.2, 0.25) is 0 Å². The highest BCUT2D eigenvalue weighted by Crippen LogP contribution is 2.34. The molecule has 0 saturated heterocycles. The van der Waals surface area contributed by atoms with Crippen molar-refractivity contribution in [1.82, 2.24) is 15.3 Å². The summed E-state index contributed by atoms with van der Waals surface area (Å²) in [6.45, 7) is 0.0463. The number of aryl methyl sites for hydroxylation is 2. The second-order valence-corrected chi connectivity index (χ2v) is 9.54. The number of hydrogen-bond acceptors (Lipinski definition) is 8. The third-order valence-electron chi connectivity index (χ3n) is 5.38. The summed E-state index contributed by atoms with van der Waals surface area (Å²) in [5.41, 5.74) is 1.60. The van der Waals surface area contributed by atoms with Crippen LogP contribution in [0.4, 0.5) is 0 Å². The van der Waals surface area contributed by atoms with Gasteiger partial charge in [0, 0.05) is 17.0 Å². The Balaban J connectivity index is 1.30. The number of rotatable bonds is 9. The molecule has 8 nitrogen and oxygen atoms in total. The van der Waals surface area contributed by atoms with Gasteiger partial charge < -0.3 is 24.9 Å². The molecule has 1 atom stereocenters. The highest BCUT2D eigenvalue weighted by molar-refractivity contribution is 7.99. The predicted octanol–water partition coefficient (Wildman–Crippen LogP) is 2.57. The Hall–Kier alpha value is -2.56. The van der Waals surface area contributed by atoms with E-state index in [1.54, 1.807) is 36.6 Å². The molecular weight excluding hydrogens is 450 g/mol. The number of nitrogens with zero attached hydrogens (tertiary/aromatic N) is 1. The molecule has 1 aliphatic carbocycles. The second kappa shape index (κ2) is 9.93. The van der Waals surface area contributed by atoms with E-state index in [4.69, 9.17) is 9.47 Å². The van der Waals surface area contributed by atoms with Crippen LogP contribution < -0.4 is 20.3 Å². The van der Waals surface area contributed by atoms with Gasteiger partial charge in [-0.25, -0.2) is 4.98 Å². The van der Waals surface area contributed by atoms with E-state index in [9.17, 15) is 14.7 Å². The second-order valence-electron chi connectivity index (χ2n) is 7.47. The third kappa shape index (κ3) is 4.77. The Labute approximate surface area is 193 Å². The molecule has 3 aromatic rings. The number of ether oxygens (including phenoxy) is 2. The van der Waals surface area contributed by atoms with Crippen molar-refractivity contribution < 1.29 is 19.4 Å². The summed E-state index contributed by atoms with van der Waals surface area (Å²) in [5, 5.41) is 13.9. The van der Waals surface area contributed by atoms with Crippen molar-refractivity contribution in [3.63, 3.8) is 0 Å². The number of benzene rings is 1. The fraction of sp³-hybridized carbons (Fsp3) is 0.409. The summed E-state index contributed by atoms with van der Waals surface area (Å²) < 4.78 is 10.5. The number of aromatic nitrogens is 2. The van der Waals surface area contributed by atoms with Crippen molar-refractivity contribution >= 4 is 39.2 Å². The molecule has 0 aliphatic heterocycles. The Morgan fingerprint density at radius 2 is 2.19 bits per heavy atom. The van der Waals surface area contributed by atoms with Gasteiger partial charge >= 0.3 is 0 Å². The lowest BCUT2D eigenvalue weighted by molar-refractivity contribution is -0.119. The summed E-state index contributed by atoms with van der Waals surface area (Å²) >= 11 is 2.96. The molecule has 1 aliphatic rings. The number of thioether (sulfide) groups is 1. The molecular formula is C22H25N3O5S2. The summed E-state index contributed by atoms with van der Waals surface area (Å²) in [7, 11) is 3.06. The molecule has 2 heterocycles. The van der Waals surface area contributed by atoms with Crippen LogP contribution in [0.5, 0.6) is 11.5 Å². The first-order valence-electron chi connectivity index (χ1n) is 10.3. The van der Waals surface area contributed by atoms with E-state index in [0.29, 0.717) is 28.6 Å². The number of carbonyl (C=O) groups excluding carboxylic acids is 1. The average molecular weight is 476 g/mol. The summed E-state index contributed by atoms with van der Waals surface area (Å²) in [4.78, 5) is 34.2. The largest absolute Gasteiger partial charge is 0.497 e. The number of H-pyrrole nitrogens is 1. The minimum atomic E-state index is -0.935. The number of fused-ring (bicyclic) bond motifs is 3. The number of nitrogens with one attached hydrogen (secondary N) is 2. The van der Waals surface area contributed by atoms with E-state index >= 15 is 0 Å². The van der Waals surface area contributed by atoms with E-state index in [0.717, 1.165) is 35.0 Å². The molecule has 1 amide bonds. The number of hydrogen-bond donors (Lipinski definition) is 3. The summed E-state index contributed by atoms with van der Waals surface area (Å²) in [5.74, 6) is 2.08. The topological polar surface area (TPSA) is 114 Å². The standard InChI is InChI=1S/C22H25N3O5S2/c1-29-12-6-7-16(30-2)14(8-12)15(26)9-23-19(27)11-31-10-18-24-21(28)20-13-4-3-5-17(13)32-22(20)25-18/h6-8,15,26H,3-5,9-11H2,1-2H3,(H,23,27)(H,24,25,28). The van der Waals surface area contributed by atoms with Crippen molar-refractivity contribution in [2.45, 2.75) is 31.1 Å². The van der Waals surface area contributed by atoms with Crippen molar-refractivity contribution in [2.24, 2.45) is 0 Å². The quantitative estimate of drug-likeness (QED) is 0.436. The van der Waals surface area contributed by atoms with Crippen LogP contribution in [0, 0.1) is 0 Å². The van der Waals surface area contributed by atoms with Crippen molar-refractivity contribution in [3.05, 3.63) is 50.4 Å². The van der Waals surface area contributed by atoms with E-state index in [1.807, 2.05) is 0 Å². The molecule has 2 aromatic heterocycles. The van der Waals surface area contributed by atoms with Crippen LogP contribution >= 0.6 is 23.1 Å². The van der Waals surface area contributed by atoms with E-state index in [2.05, 4.69) is 15.3 Å². The van der Waals surface area contributed by atoms with Crippen molar-refractivity contribution in [3.8, 4) is 11.5 Å². The molecule has 0 fully saturated rings. The van der Waals surface area contributed by atoms with Gasteiger partial charge in [-0.15, -0.1) is 23.1 Å². The summed E-state index contributed by atoms with van der Waals surface area (Å²) in [6.07, 6.45) is 2.13. The maximum Gasteiger partial charge on any atom is 0.259 e. The van der Waals surface area contributed by atoms with Crippen LogP contribution in [0.15, 0.2) is 23.0 Å². The molecule has 3 N–H and O–H groups in total. The Bertz CT molecular complexity index is 1190. The van der Waals surface area contributed by atoms with E-state index in [1.165, 1.54) is 23.7 Å². The first kappa shape index (κ1) is 22.6. The monoisotopic (exact) mass is 475 g/mol. The predicted molar refractivity (Wildman–Crippen MR) is 126 cm³/mol. The van der Waals surface area contributed by atoms with Gasteiger partial charge in [-0.3, -0.25) is 9.59 Å². The SMILES string of the molecule is COc1ccc(OC)c(C(O)CNC(=O)CSCc2nc3sc4c(c3c(=O)[nH]2)CCC4)c1. The Morgan fingerprint density at radius 1 is 1.34 bits per heavy atom. The lowest BCUT2D eigenvalue weighted by atomic mass is 10.1. The van der Waals surface area contributed by atoms with Gasteiger partial charge in [-0.05, 0) is 43.0 Å². The molecule has 170 valence electrons. The number of aliphatic hydroxyl groups excluding tert-OH is 1. The number of thiophene rings is 1. The maximum atomic E-state index is 12.5. The number of aromatic amines is 1. The minimum Gasteiger partial charge on any atom is -0.497 e. The molecule has 1 unspecified atom stereocenters. The van der Waals surface area contributed by atoms with Gasteiger partial charge in [-0.2, -0.15) is 0 Å². The number of carbonyl (C=O) groups is 1. The van der Waals surface area contributed by atoms with Gasteiger partial charge in [0.2, 0.25) is 5.91 Å². The fourth-order valence-corrected chi connectivity index (χ4v) is 5.83. The lowest BCUT2D eigenvalue weighted by Gasteiger charge is -2.16. The first-order valence-corrected chi connectivity index (χ1v) is 12.2. The number of amides is 1. The molecule has 0 spiro atoms. The highest BCUT2D eigenvalue weighted by Gasteiger charge is 2.21.